The summed E-state index contributed by atoms with van der Waals surface area (Å²) in [5.41, 5.74) is 3.00. The highest BCUT2D eigenvalue weighted by molar-refractivity contribution is 7.99. The average molecular weight is 570 g/mol. The van der Waals surface area contributed by atoms with Gasteiger partial charge in [0.2, 0.25) is 0 Å². The number of nitrogens with one attached hydrogen (secondary N) is 1. The Labute approximate surface area is 241 Å². The van der Waals surface area contributed by atoms with Crippen LogP contribution in [0, 0.1) is 6.92 Å². The fraction of sp³-hybridized carbons (Fsp3) is 0.0968. The molecule has 8 heteroatoms. The third-order valence-electron chi connectivity index (χ3n) is 6.40. The Morgan fingerprint density at radius 2 is 1.62 bits per heavy atom. The minimum atomic E-state index is -0.240. The molecule has 1 aliphatic heterocycles. The van der Waals surface area contributed by atoms with Crippen LogP contribution in [0.5, 0.6) is 11.5 Å². The van der Waals surface area contributed by atoms with Crippen LogP contribution in [-0.4, -0.2) is 10.1 Å². The topological polar surface area (TPSA) is 50.5 Å². The molecule has 0 radical (unpaired) electrons. The number of pyridine rings is 1. The van der Waals surface area contributed by atoms with E-state index in [9.17, 15) is 0 Å². The summed E-state index contributed by atoms with van der Waals surface area (Å²) >= 11 is 13.4. The largest absolute Gasteiger partial charge is 0.457 e. The van der Waals surface area contributed by atoms with Crippen LogP contribution in [0.25, 0.3) is 0 Å². The second-order valence-electron chi connectivity index (χ2n) is 9.12. The summed E-state index contributed by atoms with van der Waals surface area (Å²) in [6, 6.07) is 33.1. The second kappa shape index (κ2) is 11.1. The van der Waals surface area contributed by atoms with Crippen LogP contribution in [0.4, 0.5) is 5.69 Å². The van der Waals surface area contributed by atoms with Gasteiger partial charge in [0.05, 0.1) is 11.7 Å². The van der Waals surface area contributed by atoms with Crippen molar-refractivity contribution in [2.24, 2.45) is 0 Å². The van der Waals surface area contributed by atoms with Gasteiger partial charge in [-0.05, 0) is 104 Å². The van der Waals surface area contributed by atoms with Gasteiger partial charge in [-0.2, -0.15) is 0 Å². The molecule has 0 amide bonds. The fourth-order valence-electron chi connectivity index (χ4n) is 4.51. The first kappa shape index (κ1) is 25.5. The highest BCUT2D eigenvalue weighted by Gasteiger charge is 2.42. The molecule has 0 unspecified atom stereocenters. The number of aromatic nitrogens is 1. The van der Waals surface area contributed by atoms with Gasteiger partial charge in [-0.1, -0.05) is 47.1 Å². The highest BCUT2D eigenvalue weighted by Crippen LogP contribution is 2.44. The molecule has 0 saturated carbocycles. The lowest BCUT2D eigenvalue weighted by molar-refractivity contribution is 0.383. The lowest BCUT2D eigenvalue weighted by Crippen LogP contribution is -2.29. The van der Waals surface area contributed by atoms with E-state index in [4.69, 9.17) is 33.0 Å². The molecule has 1 aliphatic rings. The Morgan fingerprint density at radius 3 is 2.31 bits per heavy atom. The number of halogens is 1. The summed E-state index contributed by atoms with van der Waals surface area (Å²) < 4.78 is 12.4. The summed E-state index contributed by atoms with van der Waals surface area (Å²) in [5.74, 6) is 2.33. The first-order chi connectivity index (χ1) is 19.0. The molecule has 5 aromatic rings. The van der Waals surface area contributed by atoms with Crippen molar-refractivity contribution in [1.82, 2.24) is 10.3 Å². The molecule has 194 valence electrons. The van der Waals surface area contributed by atoms with Gasteiger partial charge in [-0.15, -0.1) is 0 Å². The molecular weight excluding hydrogens is 546 g/mol. The molecule has 0 spiro atoms. The number of hydrogen-bond donors (Lipinski definition) is 1. The Morgan fingerprint density at radius 1 is 0.897 bits per heavy atom. The number of ether oxygens (including phenoxy) is 1. The van der Waals surface area contributed by atoms with Gasteiger partial charge in [0, 0.05) is 21.8 Å². The highest BCUT2D eigenvalue weighted by atomic mass is 35.5. The molecule has 0 aliphatic carbocycles. The molecule has 2 aromatic heterocycles. The van der Waals surface area contributed by atoms with Crippen LogP contribution >= 0.6 is 35.6 Å². The van der Waals surface area contributed by atoms with E-state index in [0.29, 0.717) is 10.1 Å². The number of rotatable bonds is 7. The van der Waals surface area contributed by atoms with E-state index in [1.165, 1.54) is 5.56 Å². The maximum Gasteiger partial charge on any atom is 0.174 e. The number of furan rings is 1. The van der Waals surface area contributed by atoms with Gasteiger partial charge in [-0.25, -0.2) is 0 Å². The van der Waals surface area contributed by atoms with Gasteiger partial charge in [0.25, 0.3) is 0 Å². The van der Waals surface area contributed by atoms with E-state index in [1.807, 2.05) is 103 Å². The minimum Gasteiger partial charge on any atom is -0.457 e. The third kappa shape index (κ3) is 5.66. The zero-order valence-electron chi connectivity index (χ0n) is 21.0. The van der Waals surface area contributed by atoms with Crippen LogP contribution in [-0.2, 0) is 0 Å². The molecule has 1 saturated heterocycles. The number of aryl methyl sites for hydroxylation is 1. The summed E-state index contributed by atoms with van der Waals surface area (Å²) in [4.78, 5) is 7.75. The fourth-order valence-corrected chi connectivity index (χ4v) is 5.76. The first-order valence-electron chi connectivity index (χ1n) is 12.4. The maximum absolute atomic E-state index is 6.40. The summed E-state index contributed by atoms with van der Waals surface area (Å²) in [6.45, 7) is 2.05. The minimum absolute atomic E-state index is 0.193. The maximum atomic E-state index is 6.40. The lowest BCUT2D eigenvalue weighted by Gasteiger charge is -2.26. The molecule has 1 fully saturated rings. The van der Waals surface area contributed by atoms with Crippen molar-refractivity contribution in [3.05, 3.63) is 131 Å². The van der Waals surface area contributed by atoms with Crippen molar-refractivity contribution < 1.29 is 9.15 Å². The van der Waals surface area contributed by atoms with E-state index < -0.39 is 0 Å². The molecule has 5 nitrogen and oxygen atoms in total. The average Bonchev–Trinajstić information content (AvgIpc) is 3.56. The number of anilines is 1. The Hall–Kier alpha value is -3.78. The summed E-state index contributed by atoms with van der Waals surface area (Å²) in [6.07, 6.45) is 1.79. The smallest absolute Gasteiger partial charge is 0.174 e. The zero-order chi connectivity index (χ0) is 26.8. The molecule has 6 rings (SSSR count). The van der Waals surface area contributed by atoms with Crippen molar-refractivity contribution in [3.8, 4) is 11.5 Å². The predicted molar refractivity (Wildman–Crippen MR) is 160 cm³/mol. The van der Waals surface area contributed by atoms with Crippen LogP contribution < -0.4 is 15.0 Å². The van der Waals surface area contributed by atoms with Crippen molar-refractivity contribution in [2.75, 3.05) is 4.90 Å². The Kier molecular flexibility index (Phi) is 7.28. The molecule has 3 aromatic carbocycles. The molecule has 2 atom stereocenters. The quantitative estimate of drug-likeness (QED) is 0.197. The second-order valence-corrected chi connectivity index (χ2v) is 11.0. The Bertz CT molecular complexity index is 1570. The monoisotopic (exact) mass is 569 g/mol. The molecule has 1 N–H and O–H groups in total. The lowest BCUT2D eigenvalue weighted by atomic mass is 10.0. The van der Waals surface area contributed by atoms with Crippen molar-refractivity contribution in [2.45, 2.75) is 29.0 Å². The van der Waals surface area contributed by atoms with E-state index in [-0.39, 0.29) is 12.1 Å². The van der Waals surface area contributed by atoms with Gasteiger partial charge >= 0.3 is 0 Å². The Balaban J connectivity index is 1.30. The summed E-state index contributed by atoms with van der Waals surface area (Å²) in [5, 5.41) is 5.56. The van der Waals surface area contributed by atoms with E-state index >= 15 is 0 Å². The molecule has 39 heavy (non-hydrogen) atoms. The first-order valence-corrected chi connectivity index (χ1v) is 14.0. The normalized spacial score (nSPS) is 16.8. The van der Waals surface area contributed by atoms with Crippen LogP contribution in [0.3, 0.4) is 0 Å². The summed E-state index contributed by atoms with van der Waals surface area (Å²) in [7, 11) is 0. The predicted octanol–water partition coefficient (Wildman–Crippen LogP) is 8.76. The van der Waals surface area contributed by atoms with Gasteiger partial charge in [0.15, 0.2) is 10.2 Å². The zero-order valence-corrected chi connectivity index (χ0v) is 23.3. The SMILES string of the molecule is Cc1ccc(Oc2ccc(N3C(=S)N[C@H](c4ccccn4)[C@@H]3c3ccc(Sc4ccc(Cl)cc4)o3)cc2)cc1. The molecule has 3 heterocycles. The van der Waals surface area contributed by atoms with E-state index in [0.717, 1.165) is 38.6 Å². The van der Waals surface area contributed by atoms with E-state index in [2.05, 4.69) is 22.1 Å². The molecular formula is C31H24ClN3O2S2. The van der Waals surface area contributed by atoms with Crippen LogP contribution in [0.1, 0.15) is 29.1 Å². The number of thiocarbonyl (C=S) groups is 1. The van der Waals surface area contributed by atoms with Gasteiger partial charge < -0.3 is 19.4 Å². The van der Waals surface area contributed by atoms with Crippen molar-refractivity contribution in [1.29, 1.82) is 0 Å². The van der Waals surface area contributed by atoms with Crippen LogP contribution in [0.2, 0.25) is 5.02 Å². The van der Waals surface area contributed by atoms with Gasteiger partial charge in [0.1, 0.15) is 23.3 Å². The van der Waals surface area contributed by atoms with Crippen LogP contribution in [0.15, 0.2) is 124 Å². The third-order valence-corrected chi connectivity index (χ3v) is 7.89. The van der Waals surface area contributed by atoms with Crippen molar-refractivity contribution >= 4 is 46.4 Å². The number of benzene rings is 3. The van der Waals surface area contributed by atoms with Gasteiger partial charge in [-0.3, -0.25) is 4.98 Å². The van der Waals surface area contributed by atoms with Crippen molar-refractivity contribution in [3.63, 3.8) is 0 Å². The molecule has 0 bridgehead atoms. The van der Waals surface area contributed by atoms with E-state index in [1.54, 1.807) is 18.0 Å². The number of hydrogen-bond acceptors (Lipinski definition) is 5. The number of nitrogens with zero attached hydrogens (tertiary/aromatic N) is 2. The standard InChI is InChI=1S/C31H24ClN3O2S2/c1-20-5-11-23(12-6-20)36-24-13-9-22(10-14-24)35-30(29(34-31(35)38)26-4-2-3-19-33-26)27-17-18-28(37-27)39-25-15-7-21(32)8-16-25/h2-19,29-30H,1H3,(H,34,38)/t29-,30+/m1/s1.